The Morgan fingerprint density at radius 2 is 0.591 bits per heavy atom. The van der Waals surface area contributed by atoms with Gasteiger partial charge in [-0.15, -0.1) is 0 Å². The molecule has 0 saturated heterocycles. The van der Waals surface area contributed by atoms with Gasteiger partial charge in [0.2, 0.25) is 0 Å². The van der Waals surface area contributed by atoms with E-state index < -0.39 is 6.10 Å². The molecule has 376 valence electrons. The standard InChI is InChI=1S/C60H100O6/c1-4-7-10-13-16-19-21-23-25-27-29-30-32-33-35-37-39-41-44-47-50-53-59(62)65-56-57(55-64-58(61)52-49-46-43-18-15-12-9-6-3)66-60(63)54-51-48-45-42-40-38-36-34-31-28-26-24-22-20-17-14-11-8-5-2/h7,10,16-17,19-20,23-26,29-31,33-35,57H,4-6,8-9,11-15,18,21-22,27-28,32,36-56H2,1-3H3/b10-7-,19-16-,20-17-,25-23-,26-24-,30-29-,34-31-,35-33-. The van der Waals surface area contributed by atoms with E-state index in [4.69, 9.17) is 14.2 Å². The second-order valence-corrected chi connectivity index (χ2v) is 17.8. The maximum absolute atomic E-state index is 12.8. The summed E-state index contributed by atoms with van der Waals surface area (Å²) < 4.78 is 16.8. The zero-order valence-corrected chi connectivity index (χ0v) is 42.9. The first kappa shape index (κ1) is 62.3. The molecule has 0 spiro atoms. The SMILES string of the molecule is CC/C=C\C/C=C\C/C=C\C/C=C\C/C=C\CCCCCCCC(=O)OCC(COC(=O)CCCCCCCCCC)OC(=O)CCCCCCCC/C=C\C/C=C\C/C=C\CCCCC. The number of rotatable bonds is 48. The van der Waals surface area contributed by atoms with Crippen molar-refractivity contribution in [2.24, 2.45) is 0 Å². The summed E-state index contributed by atoms with van der Waals surface area (Å²) in [5, 5.41) is 0. The molecule has 0 aromatic rings. The highest BCUT2D eigenvalue weighted by Crippen LogP contribution is 2.14. The number of hydrogen-bond acceptors (Lipinski definition) is 6. The zero-order chi connectivity index (χ0) is 47.9. The Kier molecular flexibility index (Phi) is 50.9. The van der Waals surface area contributed by atoms with Crippen LogP contribution in [0.15, 0.2) is 97.2 Å². The fraction of sp³-hybridized carbons (Fsp3) is 0.683. The molecule has 0 aliphatic carbocycles. The summed E-state index contributed by atoms with van der Waals surface area (Å²) in [5.41, 5.74) is 0. The lowest BCUT2D eigenvalue weighted by Crippen LogP contribution is -2.30. The van der Waals surface area contributed by atoms with Crippen molar-refractivity contribution < 1.29 is 28.6 Å². The summed E-state index contributed by atoms with van der Waals surface area (Å²) in [6, 6.07) is 0. The van der Waals surface area contributed by atoms with Gasteiger partial charge >= 0.3 is 17.9 Å². The van der Waals surface area contributed by atoms with E-state index in [9.17, 15) is 14.4 Å². The minimum atomic E-state index is -0.791. The van der Waals surface area contributed by atoms with Crippen molar-refractivity contribution in [3.63, 3.8) is 0 Å². The minimum absolute atomic E-state index is 0.0893. The van der Waals surface area contributed by atoms with E-state index in [0.29, 0.717) is 19.3 Å². The van der Waals surface area contributed by atoms with Gasteiger partial charge in [-0.2, -0.15) is 0 Å². The second-order valence-electron chi connectivity index (χ2n) is 17.8. The predicted molar refractivity (Wildman–Crippen MR) is 284 cm³/mol. The van der Waals surface area contributed by atoms with Crippen LogP contribution < -0.4 is 0 Å². The van der Waals surface area contributed by atoms with Crippen LogP contribution in [-0.4, -0.2) is 37.2 Å². The zero-order valence-electron chi connectivity index (χ0n) is 42.9. The monoisotopic (exact) mass is 917 g/mol. The predicted octanol–water partition coefficient (Wildman–Crippen LogP) is 18.1. The van der Waals surface area contributed by atoms with Crippen LogP contribution >= 0.6 is 0 Å². The third kappa shape index (κ3) is 51.3. The molecule has 0 saturated carbocycles. The topological polar surface area (TPSA) is 78.9 Å². The Labute approximate surface area is 407 Å². The van der Waals surface area contributed by atoms with Gasteiger partial charge in [-0.3, -0.25) is 14.4 Å². The summed E-state index contributed by atoms with van der Waals surface area (Å²) >= 11 is 0. The minimum Gasteiger partial charge on any atom is -0.462 e. The van der Waals surface area contributed by atoms with Crippen molar-refractivity contribution >= 4 is 17.9 Å². The third-order valence-corrected chi connectivity index (χ3v) is 11.3. The van der Waals surface area contributed by atoms with Gasteiger partial charge < -0.3 is 14.2 Å². The average Bonchev–Trinajstić information content (AvgIpc) is 3.31. The maximum atomic E-state index is 12.8. The number of hydrogen-bond donors (Lipinski definition) is 0. The Morgan fingerprint density at radius 1 is 0.318 bits per heavy atom. The molecule has 0 bridgehead atoms. The molecule has 0 heterocycles. The highest BCUT2D eigenvalue weighted by molar-refractivity contribution is 5.71. The van der Waals surface area contributed by atoms with E-state index in [1.54, 1.807) is 0 Å². The van der Waals surface area contributed by atoms with E-state index in [1.807, 2.05) is 0 Å². The van der Waals surface area contributed by atoms with E-state index in [2.05, 4.69) is 118 Å². The van der Waals surface area contributed by atoms with Crippen LogP contribution in [0.25, 0.3) is 0 Å². The van der Waals surface area contributed by atoms with E-state index in [1.165, 1.54) is 70.6 Å². The van der Waals surface area contributed by atoms with Crippen LogP contribution in [-0.2, 0) is 28.6 Å². The first-order chi connectivity index (χ1) is 32.5. The van der Waals surface area contributed by atoms with Crippen molar-refractivity contribution in [2.45, 2.75) is 252 Å². The lowest BCUT2D eigenvalue weighted by Gasteiger charge is -2.18. The Bertz CT molecular complexity index is 1330. The van der Waals surface area contributed by atoms with Crippen molar-refractivity contribution in [3.8, 4) is 0 Å². The summed E-state index contributed by atoms with van der Waals surface area (Å²) in [5.74, 6) is -0.927. The first-order valence-electron chi connectivity index (χ1n) is 27.2. The van der Waals surface area contributed by atoms with E-state index in [-0.39, 0.29) is 31.1 Å². The summed E-state index contributed by atoms with van der Waals surface area (Å²) in [6.45, 7) is 6.44. The Balaban J connectivity index is 4.35. The highest BCUT2D eigenvalue weighted by atomic mass is 16.6. The number of carbonyl (C=O) groups excluding carboxylic acids is 3. The van der Waals surface area contributed by atoms with Crippen LogP contribution in [0.2, 0.25) is 0 Å². The summed E-state index contributed by atoms with van der Waals surface area (Å²) in [4.78, 5) is 37.9. The van der Waals surface area contributed by atoms with Gasteiger partial charge in [0.25, 0.3) is 0 Å². The molecule has 6 nitrogen and oxygen atoms in total. The average molecular weight is 917 g/mol. The molecule has 0 fully saturated rings. The van der Waals surface area contributed by atoms with Crippen molar-refractivity contribution in [1.82, 2.24) is 0 Å². The number of unbranched alkanes of at least 4 members (excludes halogenated alkanes) is 21. The van der Waals surface area contributed by atoms with E-state index in [0.717, 1.165) is 135 Å². The molecule has 0 aliphatic heterocycles. The lowest BCUT2D eigenvalue weighted by atomic mass is 10.1. The van der Waals surface area contributed by atoms with Crippen LogP contribution in [0.5, 0.6) is 0 Å². The van der Waals surface area contributed by atoms with Crippen LogP contribution in [0.1, 0.15) is 245 Å². The molecule has 0 amide bonds. The van der Waals surface area contributed by atoms with Gasteiger partial charge in [-0.1, -0.05) is 221 Å². The molecule has 66 heavy (non-hydrogen) atoms. The molecule has 6 heteroatoms. The fourth-order valence-electron chi connectivity index (χ4n) is 7.24. The lowest BCUT2D eigenvalue weighted by molar-refractivity contribution is -0.167. The summed E-state index contributed by atoms with van der Waals surface area (Å²) in [6.07, 6.45) is 71.1. The number of carbonyl (C=O) groups is 3. The van der Waals surface area contributed by atoms with Crippen LogP contribution in [0.4, 0.5) is 0 Å². The Hall–Kier alpha value is -3.67. The summed E-state index contributed by atoms with van der Waals surface area (Å²) in [7, 11) is 0. The molecule has 0 radical (unpaired) electrons. The smallest absolute Gasteiger partial charge is 0.306 e. The molecule has 0 aromatic carbocycles. The van der Waals surface area contributed by atoms with Gasteiger partial charge in [0.15, 0.2) is 6.10 Å². The highest BCUT2D eigenvalue weighted by Gasteiger charge is 2.19. The van der Waals surface area contributed by atoms with E-state index >= 15 is 0 Å². The molecular weight excluding hydrogens is 817 g/mol. The number of esters is 3. The van der Waals surface area contributed by atoms with Crippen LogP contribution in [0.3, 0.4) is 0 Å². The van der Waals surface area contributed by atoms with Gasteiger partial charge in [-0.25, -0.2) is 0 Å². The molecule has 0 aromatic heterocycles. The quantitative estimate of drug-likeness (QED) is 0.0262. The molecule has 0 aliphatic rings. The van der Waals surface area contributed by atoms with Gasteiger partial charge in [-0.05, 0) is 103 Å². The van der Waals surface area contributed by atoms with Gasteiger partial charge in [0, 0.05) is 19.3 Å². The molecule has 0 N–H and O–H groups in total. The van der Waals surface area contributed by atoms with Crippen molar-refractivity contribution in [3.05, 3.63) is 97.2 Å². The van der Waals surface area contributed by atoms with Crippen LogP contribution in [0, 0.1) is 0 Å². The Morgan fingerprint density at radius 3 is 0.955 bits per heavy atom. The molecular formula is C60H100O6. The third-order valence-electron chi connectivity index (χ3n) is 11.3. The fourth-order valence-corrected chi connectivity index (χ4v) is 7.24. The van der Waals surface area contributed by atoms with Gasteiger partial charge in [0.05, 0.1) is 0 Å². The maximum Gasteiger partial charge on any atom is 0.306 e. The number of allylic oxidation sites excluding steroid dienone is 16. The van der Waals surface area contributed by atoms with Crippen molar-refractivity contribution in [1.29, 1.82) is 0 Å². The molecule has 1 atom stereocenters. The molecule has 1 unspecified atom stereocenters. The number of ether oxygens (including phenoxy) is 3. The second kappa shape index (κ2) is 53.9. The first-order valence-corrected chi connectivity index (χ1v) is 27.2. The molecule has 0 rings (SSSR count). The normalized spacial score (nSPS) is 12.8. The van der Waals surface area contributed by atoms with Gasteiger partial charge in [0.1, 0.15) is 13.2 Å². The van der Waals surface area contributed by atoms with Crippen molar-refractivity contribution in [2.75, 3.05) is 13.2 Å². The largest absolute Gasteiger partial charge is 0.462 e.